The highest BCUT2D eigenvalue weighted by Gasteiger charge is 2.25. The van der Waals surface area contributed by atoms with Gasteiger partial charge in [-0.3, -0.25) is 0 Å². The fourth-order valence-electron chi connectivity index (χ4n) is 6.25. The van der Waals surface area contributed by atoms with Gasteiger partial charge in [0, 0.05) is 45.5 Å². The summed E-state index contributed by atoms with van der Waals surface area (Å²) in [7, 11) is 0. The molecule has 46 heavy (non-hydrogen) atoms. The van der Waals surface area contributed by atoms with Crippen molar-refractivity contribution in [2.45, 2.75) is 13.0 Å². The number of allylic oxidation sites excluding steroid dienone is 2. The van der Waals surface area contributed by atoms with Crippen LogP contribution in [0, 0.1) is 5.92 Å². The van der Waals surface area contributed by atoms with E-state index >= 15 is 0 Å². The molecule has 6 aromatic carbocycles. The molecule has 0 aromatic heterocycles. The summed E-state index contributed by atoms with van der Waals surface area (Å²) in [4.78, 5) is 7.07. The first kappa shape index (κ1) is 28.9. The van der Waals surface area contributed by atoms with Gasteiger partial charge in [0.25, 0.3) is 0 Å². The topological polar surface area (TPSA) is 9.72 Å². The number of rotatable bonds is 9. The Morgan fingerprint density at radius 2 is 0.609 bits per heavy atom. The fourth-order valence-corrected chi connectivity index (χ4v) is 6.25. The van der Waals surface area contributed by atoms with E-state index in [1.165, 1.54) is 0 Å². The molecule has 2 atom stereocenters. The van der Waals surface area contributed by atoms with Gasteiger partial charge in [-0.25, -0.2) is 0 Å². The molecular weight excluding hydrogens is 558 g/mol. The minimum atomic E-state index is 0.181. The SMILES string of the molecule is CC1C=CC=CC1N(c1ccc(N(c2ccccc2)c2ccccc2)cc1)c1ccc(N(c2ccccc2)c2ccccc2)cc1. The maximum Gasteiger partial charge on any atom is 0.0585 e. The summed E-state index contributed by atoms with van der Waals surface area (Å²) in [6, 6.07) is 60.3. The molecule has 1 aliphatic rings. The van der Waals surface area contributed by atoms with Gasteiger partial charge in [0.15, 0.2) is 0 Å². The van der Waals surface area contributed by atoms with Crippen LogP contribution in [-0.4, -0.2) is 6.04 Å². The van der Waals surface area contributed by atoms with E-state index in [-0.39, 0.29) is 6.04 Å². The number of hydrogen-bond acceptors (Lipinski definition) is 3. The molecule has 2 unspecified atom stereocenters. The van der Waals surface area contributed by atoms with Gasteiger partial charge < -0.3 is 14.7 Å². The van der Waals surface area contributed by atoms with E-state index in [4.69, 9.17) is 0 Å². The second-order valence-corrected chi connectivity index (χ2v) is 11.5. The monoisotopic (exact) mass is 595 g/mol. The lowest BCUT2D eigenvalue weighted by Crippen LogP contribution is -2.35. The Morgan fingerprint density at radius 3 is 0.935 bits per heavy atom. The summed E-state index contributed by atoms with van der Waals surface area (Å²) in [5, 5.41) is 0. The molecule has 0 spiro atoms. The zero-order valence-corrected chi connectivity index (χ0v) is 26.0. The maximum atomic E-state index is 2.46. The third kappa shape index (κ3) is 6.09. The number of anilines is 8. The Labute approximate surface area is 272 Å². The molecule has 0 saturated heterocycles. The summed E-state index contributed by atoms with van der Waals surface area (Å²) in [6.45, 7) is 2.29. The highest BCUT2D eigenvalue weighted by molar-refractivity contribution is 5.80. The second kappa shape index (κ2) is 13.5. The average molecular weight is 596 g/mol. The van der Waals surface area contributed by atoms with Crippen molar-refractivity contribution in [1.82, 2.24) is 0 Å². The van der Waals surface area contributed by atoms with Crippen molar-refractivity contribution < 1.29 is 0 Å². The molecule has 0 aliphatic heterocycles. The van der Waals surface area contributed by atoms with Crippen LogP contribution in [0.3, 0.4) is 0 Å². The Balaban J connectivity index is 1.26. The van der Waals surface area contributed by atoms with Crippen molar-refractivity contribution in [3.63, 3.8) is 0 Å². The molecule has 0 N–H and O–H groups in total. The molecule has 3 heteroatoms. The first-order valence-electron chi connectivity index (χ1n) is 15.9. The Bertz CT molecular complexity index is 1680. The largest absolute Gasteiger partial charge is 0.334 e. The Morgan fingerprint density at radius 1 is 0.326 bits per heavy atom. The van der Waals surface area contributed by atoms with E-state index < -0.39 is 0 Å². The molecule has 3 nitrogen and oxygen atoms in total. The van der Waals surface area contributed by atoms with Crippen molar-refractivity contribution in [2.24, 2.45) is 5.92 Å². The van der Waals surface area contributed by atoms with Gasteiger partial charge >= 0.3 is 0 Å². The van der Waals surface area contributed by atoms with Crippen molar-refractivity contribution in [2.75, 3.05) is 14.7 Å². The molecule has 0 fully saturated rings. The second-order valence-electron chi connectivity index (χ2n) is 11.5. The van der Waals surface area contributed by atoms with Crippen LogP contribution in [0.15, 0.2) is 194 Å². The lowest BCUT2D eigenvalue weighted by molar-refractivity contribution is 0.609. The van der Waals surface area contributed by atoms with Crippen LogP contribution in [0.4, 0.5) is 45.5 Å². The lowest BCUT2D eigenvalue weighted by Gasteiger charge is -2.36. The van der Waals surface area contributed by atoms with E-state index in [0.717, 1.165) is 45.5 Å². The fraction of sp³-hybridized carbons (Fsp3) is 0.0698. The van der Waals surface area contributed by atoms with E-state index in [9.17, 15) is 0 Å². The van der Waals surface area contributed by atoms with E-state index in [1.807, 2.05) is 0 Å². The first-order valence-corrected chi connectivity index (χ1v) is 15.9. The Kier molecular flexibility index (Phi) is 8.47. The zero-order chi connectivity index (χ0) is 31.1. The third-order valence-corrected chi connectivity index (χ3v) is 8.50. The van der Waals surface area contributed by atoms with Crippen LogP contribution in [0.25, 0.3) is 0 Å². The molecule has 0 bridgehead atoms. The quantitative estimate of drug-likeness (QED) is 0.165. The van der Waals surface area contributed by atoms with Crippen LogP contribution >= 0.6 is 0 Å². The van der Waals surface area contributed by atoms with Gasteiger partial charge in [-0.15, -0.1) is 0 Å². The van der Waals surface area contributed by atoms with Gasteiger partial charge in [0.2, 0.25) is 0 Å². The normalized spacial score (nSPS) is 15.3. The molecule has 6 aromatic rings. The van der Waals surface area contributed by atoms with Crippen molar-refractivity contribution in [3.8, 4) is 0 Å². The summed E-state index contributed by atoms with van der Waals surface area (Å²) < 4.78 is 0. The molecule has 0 heterocycles. The van der Waals surface area contributed by atoms with Crippen LogP contribution in [0.1, 0.15) is 6.92 Å². The Hall–Kier alpha value is -5.80. The molecule has 0 radical (unpaired) electrons. The number of nitrogens with zero attached hydrogens (tertiary/aromatic N) is 3. The number of benzene rings is 6. The van der Waals surface area contributed by atoms with Gasteiger partial charge in [0.05, 0.1) is 6.04 Å². The van der Waals surface area contributed by atoms with Gasteiger partial charge in [-0.2, -0.15) is 0 Å². The van der Waals surface area contributed by atoms with Gasteiger partial charge in [0.1, 0.15) is 0 Å². The van der Waals surface area contributed by atoms with E-state index in [0.29, 0.717) is 5.92 Å². The third-order valence-electron chi connectivity index (χ3n) is 8.50. The standard InChI is InChI=1S/C43H37N3/c1-34-16-14-15-25-43(34)46(41-30-26-39(27-31-41)44(35-17-6-2-7-18-35)36-19-8-3-9-20-36)42-32-28-40(29-33-42)45(37-21-10-4-11-22-37)38-23-12-5-13-24-38/h2-34,43H,1H3. The number of para-hydroxylation sites is 4. The van der Waals surface area contributed by atoms with Gasteiger partial charge in [-0.05, 0) is 103 Å². The molecule has 224 valence electrons. The number of hydrogen-bond donors (Lipinski definition) is 0. The predicted molar refractivity (Wildman–Crippen MR) is 196 cm³/mol. The smallest absolute Gasteiger partial charge is 0.0585 e. The van der Waals surface area contributed by atoms with Crippen LogP contribution < -0.4 is 14.7 Å². The van der Waals surface area contributed by atoms with Crippen molar-refractivity contribution in [1.29, 1.82) is 0 Å². The molecule has 7 rings (SSSR count). The van der Waals surface area contributed by atoms with Crippen molar-refractivity contribution in [3.05, 3.63) is 194 Å². The van der Waals surface area contributed by atoms with Crippen molar-refractivity contribution >= 4 is 45.5 Å². The molecule has 0 saturated carbocycles. The highest BCUT2D eigenvalue weighted by atomic mass is 15.2. The molecule has 0 amide bonds. The summed E-state index contributed by atoms with van der Waals surface area (Å²) in [5.41, 5.74) is 9.05. The van der Waals surface area contributed by atoms with Gasteiger partial charge in [-0.1, -0.05) is 104 Å². The molecular formula is C43H37N3. The summed E-state index contributed by atoms with van der Waals surface area (Å²) >= 11 is 0. The van der Waals surface area contributed by atoms with Crippen LogP contribution in [-0.2, 0) is 0 Å². The zero-order valence-electron chi connectivity index (χ0n) is 26.0. The first-order chi connectivity index (χ1) is 22.8. The van der Waals surface area contributed by atoms with Crippen LogP contribution in [0.2, 0.25) is 0 Å². The average Bonchev–Trinajstić information content (AvgIpc) is 3.13. The van der Waals surface area contributed by atoms with E-state index in [2.05, 4.69) is 216 Å². The highest BCUT2D eigenvalue weighted by Crippen LogP contribution is 2.40. The maximum absolute atomic E-state index is 2.46. The molecule has 1 aliphatic carbocycles. The summed E-state index contributed by atoms with van der Waals surface area (Å²) in [6.07, 6.45) is 8.92. The summed E-state index contributed by atoms with van der Waals surface area (Å²) in [5.74, 6) is 0.347. The van der Waals surface area contributed by atoms with E-state index in [1.54, 1.807) is 0 Å². The lowest BCUT2D eigenvalue weighted by atomic mass is 9.94. The van der Waals surface area contributed by atoms with Crippen LogP contribution in [0.5, 0.6) is 0 Å². The predicted octanol–water partition coefficient (Wildman–Crippen LogP) is 11.9. The minimum Gasteiger partial charge on any atom is -0.334 e. The minimum absolute atomic E-state index is 0.181.